The van der Waals surface area contributed by atoms with Gasteiger partial charge in [-0.3, -0.25) is 4.79 Å². The van der Waals surface area contributed by atoms with Gasteiger partial charge in [0.1, 0.15) is 11.0 Å². The third-order valence-electron chi connectivity index (χ3n) is 4.00. The van der Waals surface area contributed by atoms with Crippen LogP contribution in [-0.2, 0) is 27.2 Å². The fourth-order valence-electron chi connectivity index (χ4n) is 3.01. The molecule has 2 N–H and O–H groups in total. The molecule has 0 bridgehead atoms. The molecule has 0 aliphatic carbocycles. The van der Waals surface area contributed by atoms with Crippen molar-refractivity contribution >= 4 is 28.3 Å². The van der Waals surface area contributed by atoms with Gasteiger partial charge in [0, 0.05) is 17.8 Å². The topological polar surface area (TPSA) is 81.9 Å². The van der Waals surface area contributed by atoms with Crippen LogP contribution in [0, 0.1) is 0 Å². The summed E-state index contributed by atoms with van der Waals surface area (Å²) in [6, 6.07) is -0.291. The summed E-state index contributed by atoms with van der Waals surface area (Å²) < 4.78 is 10.5. The zero-order valence-electron chi connectivity index (χ0n) is 12.3. The number of carbonyl (C=O) groups is 2. The molecule has 1 atom stereocenters. The first-order chi connectivity index (χ1) is 9.85. The lowest BCUT2D eigenvalue weighted by atomic mass is 9.98. The van der Waals surface area contributed by atoms with Crippen molar-refractivity contribution in [3.8, 4) is 0 Å². The average molecular weight is 310 g/mol. The molecule has 114 valence electrons. The molecule has 0 spiro atoms. The van der Waals surface area contributed by atoms with Crippen molar-refractivity contribution in [1.29, 1.82) is 0 Å². The minimum atomic E-state index is -0.665. The highest BCUT2D eigenvalue weighted by atomic mass is 32.1. The number of rotatable bonds is 2. The lowest BCUT2D eigenvalue weighted by Gasteiger charge is -2.34. The fraction of sp³-hybridized carbons (Fsp3) is 0.571. The van der Waals surface area contributed by atoms with Crippen molar-refractivity contribution in [1.82, 2.24) is 4.90 Å². The lowest BCUT2D eigenvalue weighted by Crippen LogP contribution is -2.46. The Kier molecular flexibility index (Phi) is 3.22. The Bertz CT molecular complexity index is 623. The van der Waals surface area contributed by atoms with Crippen molar-refractivity contribution in [2.75, 3.05) is 12.3 Å². The van der Waals surface area contributed by atoms with Crippen LogP contribution in [0.1, 0.15) is 41.6 Å². The number of hydrogen-bond acceptors (Lipinski definition) is 7. The predicted molar refractivity (Wildman–Crippen MR) is 77.9 cm³/mol. The molecule has 1 saturated heterocycles. The Morgan fingerprint density at radius 3 is 2.95 bits per heavy atom. The van der Waals surface area contributed by atoms with Crippen LogP contribution in [0.15, 0.2) is 0 Å². The van der Waals surface area contributed by atoms with Gasteiger partial charge in [0.15, 0.2) is 5.72 Å². The van der Waals surface area contributed by atoms with Crippen LogP contribution >= 0.6 is 11.3 Å². The second-order valence-corrected chi connectivity index (χ2v) is 6.82. The SMILES string of the molecule is CCOC(=O)c1c(N)sc2c1CN1C(C2)C(=O)OC1(C)C. The Hall–Kier alpha value is -1.60. The molecule has 21 heavy (non-hydrogen) atoms. The Morgan fingerprint density at radius 1 is 1.57 bits per heavy atom. The van der Waals surface area contributed by atoms with Gasteiger partial charge in [-0.1, -0.05) is 0 Å². The van der Waals surface area contributed by atoms with Crippen molar-refractivity contribution in [3.05, 3.63) is 16.0 Å². The maximum absolute atomic E-state index is 12.1. The van der Waals surface area contributed by atoms with Crippen LogP contribution < -0.4 is 5.73 Å². The summed E-state index contributed by atoms with van der Waals surface area (Å²) in [4.78, 5) is 27.0. The summed E-state index contributed by atoms with van der Waals surface area (Å²) in [6.07, 6.45) is 0.534. The van der Waals surface area contributed by atoms with E-state index in [0.717, 1.165) is 10.4 Å². The first-order valence-electron chi connectivity index (χ1n) is 6.92. The van der Waals surface area contributed by atoms with Gasteiger partial charge in [-0.05, 0) is 26.3 Å². The number of hydrogen-bond donors (Lipinski definition) is 1. The zero-order valence-corrected chi connectivity index (χ0v) is 13.1. The van der Waals surface area contributed by atoms with Gasteiger partial charge in [-0.15, -0.1) is 11.3 Å². The van der Waals surface area contributed by atoms with Crippen molar-refractivity contribution in [3.63, 3.8) is 0 Å². The minimum Gasteiger partial charge on any atom is -0.462 e. The molecule has 1 fully saturated rings. The van der Waals surface area contributed by atoms with Crippen LogP contribution in [-0.4, -0.2) is 35.2 Å². The van der Waals surface area contributed by atoms with Crippen LogP contribution in [0.25, 0.3) is 0 Å². The molecule has 0 aromatic carbocycles. The lowest BCUT2D eigenvalue weighted by molar-refractivity contribution is -0.149. The van der Waals surface area contributed by atoms with Gasteiger partial charge >= 0.3 is 11.9 Å². The molecular weight excluding hydrogens is 292 g/mol. The van der Waals surface area contributed by atoms with E-state index in [1.54, 1.807) is 6.92 Å². The first-order valence-corrected chi connectivity index (χ1v) is 7.73. The molecule has 1 unspecified atom stereocenters. The maximum atomic E-state index is 12.1. The Labute approximate surface area is 126 Å². The Morgan fingerprint density at radius 2 is 2.29 bits per heavy atom. The second-order valence-electron chi connectivity index (χ2n) is 5.68. The van der Waals surface area contributed by atoms with E-state index in [0.29, 0.717) is 30.1 Å². The number of anilines is 1. The van der Waals surface area contributed by atoms with Gasteiger partial charge in [0.2, 0.25) is 0 Å². The van der Waals surface area contributed by atoms with Crippen LogP contribution in [0.3, 0.4) is 0 Å². The molecule has 3 rings (SSSR count). The zero-order chi connectivity index (χ0) is 15.4. The highest BCUT2D eigenvalue weighted by Gasteiger charge is 2.50. The molecule has 3 heterocycles. The molecule has 0 radical (unpaired) electrons. The number of carbonyl (C=O) groups excluding carboxylic acids is 2. The van der Waals surface area contributed by atoms with Crippen LogP contribution in [0.4, 0.5) is 5.00 Å². The summed E-state index contributed by atoms with van der Waals surface area (Å²) >= 11 is 1.36. The second kappa shape index (κ2) is 4.71. The molecule has 7 heteroatoms. The highest BCUT2D eigenvalue weighted by molar-refractivity contribution is 7.16. The van der Waals surface area contributed by atoms with Crippen molar-refractivity contribution in [2.45, 2.75) is 45.5 Å². The van der Waals surface area contributed by atoms with E-state index in [2.05, 4.69) is 0 Å². The van der Waals surface area contributed by atoms with E-state index >= 15 is 0 Å². The van der Waals surface area contributed by atoms with Gasteiger partial charge < -0.3 is 15.2 Å². The van der Waals surface area contributed by atoms with Gasteiger partial charge in [0.05, 0.1) is 12.2 Å². The van der Waals surface area contributed by atoms with Crippen molar-refractivity contribution < 1.29 is 19.1 Å². The van der Waals surface area contributed by atoms with E-state index in [9.17, 15) is 9.59 Å². The van der Waals surface area contributed by atoms with E-state index in [4.69, 9.17) is 15.2 Å². The fourth-order valence-corrected chi connectivity index (χ4v) is 4.11. The van der Waals surface area contributed by atoms with Gasteiger partial charge in [0.25, 0.3) is 0 Å². The number of cyclic esters (lactones) is 1. The van der Waals surface area contributed by atoms with Crippen molar-refractivity contribution in [2.24, 2.45) is 0 Å². The van der Waals surface area contributed by atoms with E-state index in [1.165, 1.54) is 11.3 Å². The third-order valence-corrected chi connectivity index (χ3v) is 5.08. The smallest absolute Gasteiger partial charge is 0.341 e. The molecule has 1 aromatic rings. The summed E-state index contributed by atoms with van der Waals surface area (Å²) in [6.45, 7) is 6.26. The molecule has 0 amide bonds. The van der Waals surface area contributed by atoms with Gasteiger partial charge in [-0.2, -0.15) is 0 Å². The summed E-state index contributed by atoms with van der Waals surface area (Å²) in [5, 5.41) is 0.464. The molecule has 2 aliphatic rings. The number of nitrogen functional groups attached to an aromatic ring is 1. The standard InChI is InChI=1S/C14H18N2O4S/c1-4-19-13(18)10-7-6-16-8(5-9(7)21-11(10)15)12(17)20-14(16,2)3/h8H,4-6,15H2,1-3H3. The Balaban J connectivity index is 2.01. The largest absolute Gasteiger partial charge is 0.462 e. The molecule has 2 aliphatic heterocycles. The quantitative estimate of drug-likeness (QED) is 0.834. The van der Waals surface area contributed by atoms with E-state index in [-0.39, 0.29) is 12.0 Å². The molecule has 0 saturated carbocycles. The molecule has 1 aromatic heterocycles. The number of thiophene rings is 1. The normalized spacial score (nSPS) is 23.4. The third kappa shape index (κ3) is 2.11. The monoisotopic (exact) mass is 310 g/mol. The number of ether oxygens (including phenoxy) is 2. The summed E-state index contributed by atoms with van der Waals surface area (Å²) in [5.41, 5.74) is 6.65. The van der Waals surface area contributed by atoms with E-state index in [1.807, 2.05) is 18.7 Å². The average Bonchev–Trinajstić information content (AvgIpc) is 2.81. The van der Waals surface area contributed by atoms with Gasteiger partial charge in [-0.25, -0.2) is 9.69 Å². The minimum absolute atomic E-state index is 0.213. The van der Waals surface area contributed by atoms with Crippen LogP contribution in [0.5, 0.6) is 0 Å². The maximum Gasteiger partial charge on any atom is 0.341 e. The number of esters is 2. The highest BCUT2D eigenvalue weighted by Crippen LogP contribution is 2.42. The number of fused-ring (bicyclic) bond motifs is 2. The predicted octanol–water partition coefficient (Wildman–Crippen LogP) is 1.53. The number of nitrogens with two attached hydrogens (primary N) is 1. The van der Waals surface area contributed by atoms with E-state index < -0.39 is 11.7 Å². The summed E-state index contributed by atoms with van der Waals surface area (Å²) in [5.74, 6) is -0.606. The number of nitrogens with zero attached hydrogens (tertiary/aromatic N) is 1. The van der Waals surface area contributed by atoms with Crippen LogP contribution in [0.2, 0.25) is 0 Å². The first kappa shape index (κ1) is 14.3. The summed E-state index contributed by atoms with van der Waals surface area (Å²) in [7, 11) is 0. The molecule has 6 nitrogen and oxygen atoms in total. The molecular formula is C14H18N2O4S.